The minimum Gasteiger partial charge on any atom is -0.400 e. The van der Waals surface area contributed by atoms with E-state index in [0.29, 0.717) is 28.7 Å². The zero-order valence-corrected chi connectivity index (χ0v) is 20.5. The van der Waals surface area contributed by atoms with E-state index in [9.17, 15) is 9.90 Å². The van der Waals surface area contributed by atoms with Gasteiger partial charge in [0, 0.05) is 31.1 Å². The number of carbonyl (C=O) groups excluding carboxylic acids is 1. The lowest BCUT2D eigenvalue weighted by atomic mass is 9.84. The van der Waals surface area contributed by atoms with E-state index in [-0.39, 0.29) is 18.4 Å². The summed E-state index contributed by atoms with van der Waals surface area (Å²) in [6.07, 6.45) is 0.865. The Labute approximate surface area is 198 Å². The van der Waals surface area contributed by atoms with Gasteiger partial charge in [0.2, 0.25) is 5.91 Å². The molecule has 172 valence electrons. The maximum Gasteiger partial charge on any atom is 0.227 e. The number of aryl methyl sites for hydroxylation is 1. The molecule has 1 aliphatic rings. The summed E-state index contributed by atoms with van der Waals surface area (Å²) < 4.78 is 1.69. The van der Waals surface area contributed by atoms with Crippen LogP contribution in [0.5, 0.6) is 0 Å². The van der Waals surface area contributed by atoms with Crippen molar-refractivity contribution in [3.63, 3.8) is 0 Å². The Kier molecular flexibility index (Phi) is 7.20. The highest BCUT2D eigenvalue weighted by atomic mass is 35.5. The third-order valence-electron chi connectivity index (χ3n) is 6.07. The lowest BCUT2D eigenvalue weighted by Gasteiger charge is -2.38. The smallest absolute Gasteiger partial charge is 0.227 e. The van der Waals surface area contributed by atoms with Crippen molar-refractivity contribution in [1.29, 1.82) is 0 Å². The number of nitrogens with zero attached hydrogens (tertiary/aromatic N) is 3. The number of hydrogen-bond donors (Lipinski definition) is 2. The molecular weight excluding hydrogens is 449 g/mol. The second kappa shape index (κ2) is 9.40. The van der Waals surface area contributed by atoms with Gasteiger partial charge in [-0.2, -0.15) is 5.10 Å². The summed E-state index contributed by atoms with van der Waals surface area (Å²) in [7, 11) is 2.82. The van der Waals surface area contributed by atoms with Crippen LogP contribution in [0.1, 0.15) is 49.1 Å². The third-order valence-corrected chi connectivity index (χ3v) is 6.69. The van der Waals surface area contributed by atoms with E-state index in [0.717, 1.165) is 34.7 Å². The van der Waals surface area contributed by atoms with E-state index in [1.165, 1.54) is 0 Å². The number of aromatic nitrogens is 2. The van der Waals surface area contributed by atoms with E-state index in [1.807, 2.05) is 43.1 Å². The van der Waals surface area contributed by atoms with Gasteiger partial charge in [0.05, 0.1) is 23.6 Å². The first-order valence-corrected chi connectivity index (χ1v) is 11.2. The minimum absolute atomic E-state index is 0.00358. The summed E-state index contributed by atoms with van der Waals surface area (Å²) in [5, 5.41) is 23.4. The molecule has 3 aromatic rings. The maximum absolute atomic E-state index is 13.3. The molecule has 0 saturated heterocycles. The van der Waals surface area contributed by atoms with Gasteiger partial charge in [-0.3, -0.25) is 9.48 Å². The number of aliphatic hydroxyl groups is 2. The highest BCUT2D eigenvalue weighted by Gasteiger charge is 2.32. The molecule has 32 heavy (non-hydrogen) atoms. The molecule has 1 aliphatic heterocycles. The first-order valence-electron chi connectivity index (χ1n) is 10.5. The molecule has 8 heteroatoms. The number of aliphatic hydroxyl groups excluding tert-OH is 1. The molecule has 0 spiro atoms. The molecule has 1 aromatic heterocycles. The van der Waals surface area contributed by atoms with Crippen LogP contribution in [0.4, 0.5) is 0 Å². The number of fused-ring (bicyclic) bond motifs is 2. The molecule has 0 bridgehead atoms. The number of hydrogen-bond acceptors (Lipinski definition) is 4. The Morgan fingerprint density at radius 3 is 2.56 bits per heavy atom. The molecular formula is C24H29Cl2N3O3. The van der Waals surface area contributed by atoms with Crippen molar-refractivity contribution in [2.75, 3.05) is 13.7 Å². The van der Waals surface area contributed by atoms with Crippen LogP contribution in [-0.2, 0) is 30.3 Å². The number of amides is 1. The number of halogens is 2. The standard InChI is InChI=1S/C23H25Cl2N3O2.CH4O/c1-13-14-6-5-7-17(23(2,3)30)15(14)10-11-28(13)20(29)12-16-18(24)8-9-19-21(16)22(25)26-27(19)4;1-2/h5-9,13,30H,10-12H2,1-4H3;2H,1H3. The Morgan fingerprint density at radius 2 is 1.91 bits per heavy atom. The molecule has 0 aliphatic carbocycles. The fourth-order valence-electron chi connectivity index (χ4n) is 4.55. The summed E-state index contributed by atoms with van der Waals surface area (Å²) in [5.41, 5.74) is 3.78. The van der Waals surface area contributed by atoms with E-state index in [2.05, 4.69) is 5.10 Å². The SMILES string of the molecule is CC1c2cccc(C(C)(C)O)c2CCN1C(=O)Cc1c(Cl)ccc2c1c(Cl)nn2C.CO. The second-order valence-electron chi connectivity index (χ2n) is 8.46. The summed E-state index contributed by atoms with van der Waals surface area (Å²) in [6.45, 7) is 6.22. The van der Waals surface area contributed by atoms with Crippen LogP contribution < -0.4 is 0 Å². The van der Waals surface area contributed by atoms with Crippen LogP contribution in [0, 0.1) is 0 Å². The Balaban J connectivity index is 0.00000141. The topological polar surface area (TPSA) is 78.6 Å². The fraction of sp³-hybridized carbons (Fsp3) is 0.417. The van der Waals surface area contributed by atoms with Crippen molar-refractivity contribution >= 4 is 40.0 Å². The molecule has 1 unspecified atom stereocenters. The third kappa shape index (κ3) is 4.37. The second-order valence-corrected chi connectivity index (χ2v) is 9.22. The van der Waals surface area contributed by atoms with Gasteiger partial charge in [0.15, 0.2) is 5.15 Å². The van der Waals surface area contributed by atoms with Gasteiger partial charge in [-0.15, -0.1) is 0 Å². The van der Waals surface area contributed by atoms with Crippen molar-refractivity contribution in [1.82, 2.24) is 14.7 Å². The zero-order valence-electron chi connectivity index (χ0n) is 19.0. The van der Waals surface area contributed by atoms with Gasteiger partial charge < -0.3 is 15.1 Å². The van der Waals surface area contributed by atoms with Crippen molar-refractivity contribution in [3.8, 4) is 0 Å². The van der Waals surface area contributed by atoms with E-state index in [1.54, 1.807) is 24.6 Å². The van der Waals surface area contributed by atoms with Crippen molar-refractivity contribution in [2.24, 2.45) is 7.05 Å². The van der Waals surface area contributed by atoms with E-state index < -0.39 is 5.60 Å². The lowest BCUT2D eigenvalue weighted by Crippen LogP contribution is -2.40. The number of carbonyl (C=O) groups is 1. The van der Waals surface area contributed by atoms with Gasteiger partial charge >= 0.3 is 0 Å². The quantitative estimate of drug-likeness (QED) is 0.585. The molecule has 1 amide bonds. The summed E-state index contributed by atoms with van der Waals surface area (Å²) >= 11 is 12.8. The van der Waals surface area contributed by atoms with E-state index >= 15 is 0 Å². The average molecular weight is 478 g/mol. The normalized spacial score (nSPS) is 15.9. The molecule has 0 radical (unpaired) electrons. The maximum atomic E-state index is 13.3. The predicted molar refractivity (Wildman–Crippen MR) is 128 cm³/mol. The average Bonchev–Trinajstić information content (AvgIpc) is 3.04. The van der Waals surface area contributed by atoms with Gasteiger partial charge in [-0.05, 0) is 61.6 Å². The highest BCUT2D eigenvalue weighted by Crippen LogP contribution is 2.37. The summed E-state index contributed by atoms with van der Waals surface area (Å²) in [4.78, 5) is 15.2. The molecule has 0 saturated carbocycles. The molecule has 2 N–H and O–H groups in total. The largest absolute Gasteiger partial charge is 0.400 e. The summed E-state index contributed by atoms with van der Waals surface area (Å²) in [6, 6.07) is 9.51. The van der Waals surface area contributed by atoms with Crippen LogP contribution in [0.25, 0.3) is 10.9 Å². The fourth-order valence-corrected chi connectivity index (χ4v) is 5.10. The van der Waals surface area contributed by atoms with Crippen molar-refractivity contribution in [2.45, 2.75) is 45.3 Å². The van der Waals surface area contributed by atoms with Crippen LogP contribution >= 0.6 is 23.2 Å². The molecule has 2 heterocycles. The van der Waals surface area contributed by atoms with Crippen molar-refractivity contribution < 1.29 is 15.0 Å². The van der Waals surface area contributed by atoms with Gasteiger partial charge in [0.1, 0.15) is 0 Å². The first kappa shape index (κ1) is 24.5. The van der Waals surface area contributed by atoms with Crippen LogP contribution in [-0.4, -0.2) is 44.5 Å². The lowest BCUT2D eigenvalue weighted by molar-refractivity contribution is -0.133. The number of rotatable bonds is 3. The monoisotopic (exact) mass is 477 g/mol. The molecule has 1 atom stereocenters. The van der Waals surface area contributed by atoms with Gasteiger partial charge in [-0.1, -0.05) is 41.4 Å². The molecule has 4 rings (SSSR count). The van der Waals surface area contributed by atoms with Crippen LogP contribution in [0.2, 0.25) is 10.2 Å². The zero-order chi connectivity index (χ0) is 23.8. The Hall–Kier alpha value is -2.12. The molecule has 6 nitrogen and oxygen atoms in total. The summed E-state index contributed by atoms with van der Waals surface area (Å²) in [5.74, 6) is -0.00358. The van der Waals surface area contributed by atoms with Crippen LogP contribution in [0.3, 0.4) is 0 Å². The van der Waals surface area contributed by atoms with Crippen LogP contribution in [0.15, 0.2) is 30.3 Å². The highest BCUT2D eigenvalue weighted by molar-refractivity contribution is 6.37. The Bertz CT molecular complexity index is 1150. The minimum atomic E-state index is -0.919. The van der Waals surface area contributed by atoms with E-state index in [4.69, 9.17) is 28.3 Å². The number of benzene rings is 2. The first-order chi connectivity index (χ1) is 15.1. The predicted octanol–water partition coefficient (Wildman–Crippen LogP) is 4.40. The molecule has 0 fully saturated rings. The van der Waals surface area contributed by atoms with Gasteiger partial charge in [-0.25, -0.2) is 0 Å². The van der Waals surface area contributed by atoms with Gasteiger partial charge in [0.25, 0.3) is 0 Å². The Morgan fingerprint density at radius 1 is 1.22 bits per heavy atom. The van der Waals surface area contributed by atoms with Crippen molar-refractivity contribution in [3.05, 3.63) is 62.8 Å². The molecule has 2 aromatic carbocycles.